The van der Waals surface area contributed by atoms with E-state index in [0.717, 1.165) is 13.0 Å². The number of rotatable bonds is 5. The molecule has 0 amide bonds. The van der Waals surface area contributed by atoms with Crippen LogP contribution in [0.2, 0.25) is 0 Å². The van der Waals surface area contributed by atoms with Crippen molar-refractivity contribution < 1.29 is 0 Å². The lowest BCUT2D eigenvalue weighted by Crippen LogP contribution is -2.17. The van der Waals surface area contributed by atoms with Crippen molar-refractivity contribution in [2.24, 2.45) is 5.92 Å². The summed E-state index contributed by atoms with van der Waals surface area (Å²) < 4.78 is 0. The van der Waals surface area contributed by atoms with E-state index in [4.69, 9.17) is 4.98 Å². The summed E-state index contributed by atoms with van der Waals surface area (Å²) in [5.74, 6) is 0.680. The Hall–Kier alpha value is -0.610. The first-order valence-electron chi connectivity index (χ1n) is 6.59. The summed E-state index contributed by atoms with van der Waals surface area (Å²) in [6, 6.07) is 0. The monoisotopic (exact) mass is 253 g/mol. The Morgan fingerprint density at radius 3 is 2.65 bits per heavy atom. The van der Waals surface area contributed by atoms with Crippen molar-refractivity contribution in [2.75, 3.05) is 25.0 Å². The molecule has 1 aliphatic rings. The topological polar surface area (TPSA) is 28.2 Å². The van der Waals surface area contributed by atoms with Crippen LogP contribution in [0.4, 0.5) is 5.13 Å². The van der Waals surface area contributed by atoms with E-state index in [1.54, 1.807) is 0 Å². The Balaban J connectivity index is 2.16. The molecule has 0 spiro atoms. The zero-order chi connectivity index (χ0) is 12.3. The summed E-state index contributed by atoms with van der Waals surface area (Å²) in [6.07, 6.45) is 3.74. The van der Waals surface area contributed by atoms with Crippen molar-refractivity contribution in [3.8, 4) is 0 Å². The largest absolute Gasteiger partial charge is 0.348 e. The number of aromatic nitrogens is 1. The second kappa shape index (κ2) is 5.83. The lowest BCUT2D eigenvalue weighted by molar-refractivity contribution is 0.630. The van der Waals surface area contributed by atoms with Gasteiger partial charge in [0.1, 0.15) is 0 Å². The van der Waals surface area contributed by atoms with Gasteiger partial charge in [-0.2, -0.15) is 0 Å². The molecule has 0 radical (unpaired) electrons. The standard InChI is InChI=1S/C13H23N3S/c1-10(2)8-11-12(9-14-3)17-13(15-11)16-6-4-5-7-16/h10,14H,4-9H2,1-3H3. The van der Waals surface area contributed by atoms with Crippen LogP contribution in [0.25, 0.3) is 0 Å². The molecule has 0 saturated carbocycles. The Bertz CT molecular complexity index is 354. The van der Waals surface area contributed by atoms with Crippen LogP contribution in [0.15, 0.2) is 0 Å². The minimum atomic E-state index is 0.680. The fourth-order valence-corrected chi connectivity index (χ4v) is 3.41. The third-order valence-corrected chi connectivity index (χ3v) is 4.24. The number of hydrogen-bond acceptors (Lipinski definition) is 4. The molecule has 1 aromatic rings. The maximum absolute atomic E-state index is 4.86. The molecule has 1 aromatic heterocycles. The fraction of sp³-hybridized carbons (Fsp3) is 0.769. The van der Waals surface area contributed by atoms with E-state index in [1.165, 1.54) is 41.6 Å². The van der Waals surface area contributed by atoms with E-state index in [0.29, 0.717) is 5.92 Å². The highest BCUT2D eigenvalue weighted by atomic mass is 32.1. The molecule has 96 valence electrons. The average molecular weight is 253 g/mol. The normalized spacial score (nSPS) is 16.1. The third kappa shape index (κ3) is 3.19. The molecule has 3 nitrogen and oxygen atoms in total. The summed E-state index contributed by atoms with van der Waals surface area (Å²) >= 11 is 1.88. The van der Waals surface area contributed by atoms with Crippen LogP contribution in [-0.4, -0.2) is 25.1 Å². The van der Waals surface area contributed by atoms with Crippen LogP contribution in [0.1, 0.15) is 37.3 Å². The summed E-state index contributed by atoms with van der Waals surface area (Å²) in [7, 11) is 2.01. The van der Waals surface area contributed by atoms with Gasteiger partial charge in [0.2, 0.25) is 0 Å². The predicted molar refractivity (Wildman–Crippen MR) is 74.9 cm³/mol. The van der Waals surface area contributed by atoms with Gasteiger partial charge in [-0.05, 0) is 32.2 Å². The molecule has 1 fully saturated rings. The zero-order valence-electron chi connectivity index (χ0n) is 11.1. The molecule has 0 bridgehead atoms. The second-order valence-electron chi connectivity index (χ2n) is 5.19. The number of hydrogen-bond donors (Lipinski definition) is 1. The second-order valence-corrected chi connectivity index (χ2v) is 6.25. The summed E-state index contributed by atoms with van der Waals surface area (Å²) in [5.41, 5.74) is 1.31. The maximum atomic E-state index is 4.86. The van der Waals surface area contributed by atoms with Crippen LogP contribution in [-0.2, 0) is 13.0 Å². The highest BCUT2D eigenvalue weighted by Crippen LogP contribution is 2.30. The molecular weight excluding hydrogens is 230 g/mol. The summed E-state index contributed by atoms with van der Waals surface area (Å²) in [4.78, 5) is 8.71. The summed E-state index contributed by atoms with van der Waals surface area (Å²) in [5, 5.41) is 4.49. The maximum Gasteiger partial charge on any atom is 0.185 e. The van der Waals surface area contributed by atoms with E-state index in [9.17, 15) is 0 Å². The van der Waals surface area contributed by atoms with Crippen molar-refractivity contribution >= 4 is 16.5 Å². The highest BCUT2D eigenvalue weighted by Gasteiger charge is 2.19. The van der Waals surface area contributed by atoms with Crippen LogP contribution >= 0.6 is 11.3 Å². The molecule has 0 atom stereocenters. The quantitative estimate of drug-likeness (QED) is 0.874. The van der Waals surface area contributed by atoms with Gasteiger partial charge in [-0.1, -0.05) is 13.8 Å². The molecule has 2 heterocycles. The smallest absolute Gasteiger partial charge is 0.185 e. The Morgan fingerprint density at radius 2 is 2.06 bits per heavy atom. The molecule has 0 unspecified atom stereocenters. The zero-order valence-corrected chi connectivity index (χ0v) is 11.9. The van der Waals surface area contributed by atoms with Gasteiger partial charge in [0, 0.05) is 24.5 Å². The Labute approximate surface area is 108 Å². The van der Waals surface area contributed by atoms with E-state index in [-0.39, 0.29) is 0 Å². The van der Waals surface area contributed by atoms with Crippen molar-refractivity contribution in [1.29, 1.82) is 0 Å². The molecule has 17 heavy (non-hydrogen) atoms. The molecule has 1 saturated heterocycles. The Kier molecular flexibility index (Phi) is 4.40. The average Bonchev–Trinajstić information content (AvgIpc) is 2.87. The molecule has 2 rings (SSSR count). The number of nitrogens with one attached hydrogen (secondary N) is 1. The van der Waals surface area contributed by atoms with Gasteiger partial charge in [0.05, 0.1) is 5.69 Å². The number of anilines is 1. The van der Waals surface area contributed by atoms with Gasteiger partial charge < -0.3 is 10.2 Å². The van der Waals surface area contributed by atoms with Gasteiger partial charge in [-0.15, -0.1) is 11.3 Å². The fourth-order valence-electron chi connectivity index (χ4n) is 2.26. The van der Waals surface area contributed by atoms with Gasteiger partial charge in [-0.3, -0.25) is 0 Å². The molecule has 1 N–H and O–H groups in total. The number of nitrogens with zero attached hydrogens (tertiary/aromatic N) is 2. The number of thiazole rings is 1. The molecule has 0 aliphatic carbocycles. The van der Waals surface area contributed by atoms with Gasteiger partial charge in [-0.25, -0.2) is 4.98 Å². The Morgan fingerprint density at radius 1 is 1.35 bits per heavy atom. The first kappa shape index (κ1) is 12.8. The lowest BCUT2D eigenvalue weighted by Gasteiger charge is -2.12. The van der Waals surface area contributed by atoms with Crippen molar-refractivity contribution in [3.05, 3.63) is 10.6 Å². The van der Waals surface area contributed by atoms with Crippen molar-refractivity contribution in [3.63, 3.8) is 0 Å². The lowest BCUT2D eigenvalue weighted by atomic mass is 10.1. The van der Waals surface area contributed by atoms with Crippen LogP contribution < -0.4 is 10.2 Å². The van der Waals surface area contributed by atoms with E-state index in [2.05, 4.69) is 24.1 Å². The van der Waals surface area contributed by atoms with E-state index < -0.39 is 0 Å². The third-order valence-electron chi connectivity index (χ3n) is 3.08. The van der Waals surface area contributed by atoms with Gasteiger partial charge in [0.25, 0.3) is 0 Å². The molecule has 4 heteroatoms. The van der Waals surface area contributed by atoms with E-state index in [1.807, 2.05) is 18.4 Å². The molecule has 0 aromatic carbocycles. The molecule has 1 aliphatic heterocycles. The van der Waals surface area contributed by atoms with Gasteiger partial charge in [0.15, 0.2) is 5.13 Å². The van der Waals surface area contributed by atoms with Crippen molar-refractivity contribution in [2.45, 2.75) is 39.7 Å². The van der Waals surface area contributed by atoms with Crippen LogP contribution in [0.3, 0.4) is 0 Å². The van der Waals surface area contributed by atoms with Gasteiger partial charge >= 0.3 is 0 Å². The first-order valence-corrected chi connectivity index (χ1v) is 7.40. The van der Waals surface area contributed by atoms with Crippen LogP contribution in [0.5, 0.6) is 0 Å². The predicted octanol–water partition coefficient (Wildman–Crippen LogP) is 2.66. The van der Waals surface area contributed by atoms with E-state index >= 15 is 0 Å². The van der Waals surface area contributed by atoms with Crippen molar-refractivity contribution in [1.82, 2.24) is 10.3 Å². The first-order chi connectivity index (χ1) is 8.20. The SMILES string of the molecule is CNCc1sc(N2CCCC2)nc1CC(C)C. The van der Waals surface area contributed by atoms with Crippen LogP contribution in [0, 0.1) is 5.92 Å². The summed E-state index contributed by atoms with van der Waals surface area (Å²) in [6.45, 7) is 7.85. The highest BCUT2D eigenvalue weighted by molar-refractivity contribution is 7.15. The minimum absolute atomic E-state index is 0.680. The molecular formula is C13H23N3S. The minimum Gasteiger partial charge on any atom is -0.348 e.